The Morgan fingerprint density at radius 3 is 3.08 bits per heavy atom. The molecule has 0 fully saturated rings. The van der Waals surface area contributed by atoms with Crippen LogP contribution in [0.1, 0.15) is 19.3 Å². The molecule has 0 spiro atoms. The van der Waals surface area contributed by atoms with Crippen LogP contribution >= 0.6 is 0 Å². The van der Waals surface area contributed by atoms with E-state index in [1.54, 1.807) is 0 Å². The fraction of sp³-hybridized carbons (Fsp3) is 0.500. The Balaban J connectivity index is 1.94. The Morgan fingerprint density at radius 1 is 1.54 bits per heavy atom. The van der Waals surface area contributed by atoms with Crippen molar-refractivity contribution in [2.24, 2.45) is 0 Å². The number of hydrogen-bond donors (Lipinski definition) is 3. The molecule has 1 aliphatic carbocycles. The van der Waals surface area contributed by atoms with E-state index in [2.05, 4.69) is 32.7 Å². The van der Waals surface area contributed by atoms with Gasteiger partial charge in [0.15, 0.2) is 0 Å². The van der Waals surface area contributed by atoms with Crippen molar-refractivity contribution in [1.82, 2.24) is 15.2 Å². The van der Waals surface area contributed by atoms with Crippen LogP contribution in [0.3, 0.4) is 0 Å². The topological polar surface area (TPSA) is 79.6 Å². The number of allylic oxidation sites excluding steroid dienone is 1. The number of aromatic amines is 1. The molecule has 70 valence electrons. The van der Waals surface area contributed by atoms with E-state index in [1.807, 2.05) is 0 Å². The summed E-state index contributed by atoms with van der Waals surface area (Å²) in [4.78, 5) is 3.98. The minimum atomic E-state index is 0.355. The van der Waals surface area contributed by atoms with E-state index >= 15 is 0 Å². The van der Waals surface area contributed by atoms with Crippen molar-refractivity contribution in [2.75, 3.05) is 11.1 Å². The molecule has 1 aliphatic rings. The Bertz CT molecular complexity index is 303. The van der Waals surface area contributed by atoms with Crippen LogP contribution in [-0.4, -0.2) is 21.2 Å². The lowest BCUT2D eigenvalue weighted by atomic mass is 10.0. The van der Waals surface area contributed by atoms with Crippen LogP contribution in [0.4, 0.5) is 11.9 Å². The molecule has 1 heterocycles. The average Bonchev–Trinajstić information content (AvgIpc) is 2.53. The number of rotatable bonds is 2. The number of nitrogens with zero attached hydrogens (tertiary/aromatic N) is 2. The van der Waals surface area contributed by atoms with Crippen LogP contribution in [-0.2, 0) is 0 Å². The van der Waals surface area contributed by atoms with E-state index in [9.17, 15) is 0 Å². The monoisotopic (exact) mass is 179 g/mol. The van der Waals surface area contributed by atoms with E-state index in [0.29, 0.717) is 17.9 Å². The zero-order chi connectivity index (χ0) is 9.10. The number of anilines is 2. The maximum Gasteiger partial charge on any atom is 0.243 e. The number of nitrogen functional groups attached to an aromatic ring is 1. The molecule has 0 radical (unpaired) electrons. The molecule has 4 N–H and O–H groups in total. The Labute approximate surface area is 76.4 Å². The van der Waals surface area contributed by atoms with E-state index in [4.69, 9.17) is 5.73 Å². The zero-order valence-corrected chi connectivity index (χ0v) is 7.33. The first-order valence-corrected chi connectivity index (χ1v) is 4.44. The van der Waals surface area contributed by atoms with Crippen molar-refractivity contribution in [1.29, 1.82) is 0 Å². The fourth-order valence-corrected chi connectivity index (χ4v) is 1.45. The normalized spacial score (nSPS) is 21.7. The summed E-state index contributed by atoms with van der Waals surface area (Å²) in [6.07, 6.45) is 7.67. The van der Waals surface area contributed by atoms with Crippen LogP contribution in [0.5, 0.6) is 0 Å². The third kappa shape index (κ3) is 1.99. The molecule has 0 saturated carbocycles. The molecular weight excluding hydrogens is 166 g/mol. The number of nitrogens with one attached hydrogen (secondary N) is 2. The molecule has 1 aromatic heterocycles. The van der Waals surface area contributed by atoms with Crippen molar-refractivity contribution in [3.05, 3.63) is 12.2 Å². The van der Waals surface area contributed by atoms with Crippen LogP contribution in [0.25, 0.3) is 0 Å². The Hall–Kier alpha value is -1.52. The summed E-state index contributed by atoms with van der Waals surface area (Å²) in [6.45, 7) is 0. The second-order valence-electron chi connectivity index (χ2n) is 3.17. The summed E-state index contributed by atoms with van der Waals surface area (Å²) in [5.41, 5.74) is 5.40. The van der Waals surface area contributed by atoms with Gasteiger partial charge >= 0.3 is 0 Å². The number of aromatic nitrogens is 3. The second kappa shape index (κ2) is 3.47. The van der Waals surface area contributed by atoms with Gasteiger partial charge in [-0.2, -0.15) is 4.98 Å². The molecule has 2 rings (SSSR count). The van der Waals surface area contributed by atoms with Gasteiger partial charge in [0.1, 0.15) is 0 Å². The van der Waals surface area contributed by atoms with E-state index in [-0.39, 0.29) is 0 Å². The highest BCUT2D eigenvalue weighted by atomic mass is 15.3. The smallest absolute Gasteiger partial charge is 0.243 e. The highest BCUT2D eigenvalue weighted by Crippen LogP contribution is 2.14. The minimum Gasteiger partial charge on any atom is -0.368 e. The molecular formula is C8H13N5. The molecule has 1 unspecified atom stereocenters. The van der Waals surface area contributed by atoms with Gasteiger partial charge in [0.05, 0.1) is 0 Å². The van der Waals surface area contributed by atoms with Crippen molar-refractivity contribution in [2.45, 2.75) is 25.3 Å². The fourth-order valence-electron chi connectivity index (χ4n) is 1.45. The maximum absolute atomic E-state index is 5.40. The first kappa shape index (κ1) is 8.10. The quantitative estimate of drug-likeness (QED) is 0.589. The molecule has 13 heavy (non-hydrogen) atoms. The first-order valence-electron chi connectivity index (χ1n) is 4.44. The van der Waals surface area contributed by atoms with Gasteiger partial charge in [0.25, 0.3) is 0 Å². The number of H-pyrrole nitrogens is 1. The first-order chi connectivity index (χ1) is 6.34. The molecule has 0 bridgehead atoms. The summed E-state index contributed by atoms with van der Waals surface area (Å²) in [6, 6.07) is 0.445. The Morgan fingerprint density at radius 2 is 2.46 bits per heavy atom. The van der Waals surface area contributed by atoms with Gasteiger partial charge in [0, 0.05) is 6.04 Å². The summed E-state index contributed by atoms with van der Waals surface area (Å²) in [5, 5.41) is 9.72. The van der Waals surface area contributed by atoms with Gasteiger partial charge in [-0.25, -0.2) is 5.10 Å². The lowest BCUT2D eigenvalue weighted by Crippen LogP contribution is -2.20. The van der Waals surface area contributed by atoms with Crippen molar-refractivity contribution < 1.29 is 0 Å². The average molecular weight is 179 g/mol. The van der Waals surface area contributed by atoms with Gasteiger partial charge in [-0.05, 0) is 19.3 Å². The molecule has 0 aromatic carbocycles. The number of nitrogens with two attached hydrogens (primary N) is 1. The third-order valence-electron chi connectivity index (χ3n) is 2.10. The van der Waals surface area contributed by atoms with Gasteiger partial charge in [-0.1, -0.05) is 12.2 Å². The van der Waals surface area contributed by atoms with Gasteiger partial charge in [0.2, 0.25) is 11.9 Å². The van der Waals surface area contributed by atoms with Gasteiger partial charge < -0.3 is 11.1 Å². The molecule has 0 amide bonds. The summed E-state index contributed by atoms with van der Waals surface area (Å²) < 4.78 is 0. The molecule has 0 saturated heterocycles. The summed E-state index contributed by atoms with van der Waals surface area (Å²) in [7, 11) is 0. The van der Waals surface area contributed by atoms with Crippen molar-refractivity contribution >= 4 is 11.9 Å². The molecule has 5 heteroatoms. The summed E-state index contributed by atoms with van der Waals surface area (Å²) >= 11 is 0. The zero-order valence-electron chi connectivity index (χ0n) is 7.33. The minimum absolute atomic E-state index is 0.355. The maximum atomic E-state index is 5.40. The van der Waals surface area contributed by atoms with E-state index in [1.165, 1.54) is 0 Å². The third-order valence-corrected chi connectivity index (χ3v) is 2.10. The number of hydrogen-bond acceptors (Lipinski definition) is 4. The van der Waals surface area contributed by atoms with E-state index < -0.39 is 0 Å². The van der Waals surface area contributed by atoms with Crippen LogP contribution in [0.2, 0.25) is 0 Å². The highest BCUT2D eigenvalue weighted by molar-refractivity contribution is 5.31. The lowest BCUT2D eigenvalue weighted by Gasteiger charge is -2.17. The largest absolute Gasteiger partial charge is 0.368 e. The van der Waals surface area contributed by atoms with Crippen LogP contribution in [0, 0.1) is 0 Å². The molecule has 1 aromatic rings. The lowest BCUT2D eigenvalue weighted by molar-refractivity contribution is 0.639. The predicted octanol–water partition coefficient (Wildman–Crippen LogP) is 0.907. The standard InChI is InChI=1S/C8H13N5/c9-7-11-8(13-12-7)10-6-4-2-1-3-5-6/h1-2,6H,3-5H2,(H4,9,10,11,12,13). The summed E-state index contributed by atoms with van der Waals surface area (Å²) in [5.74, 6) is 0.951. The van der Waals surface area contributed by atoms with Gasteiger partial charge in [-0.15, -0.1) is 5.10 Å². The van der Waals surface area contributed by atoms with Crippen molar-refractivity contribution in [3.8, 4) is 0 Å². The van der Waals surface area contributed by atoms with Crippen LogP contribution in [0.15, 0.2) is 12.2 Å². The van der Waals surface area contributed by atoms with Crippen molar-refractivity contribution in [3.63, 3.8) is 0 Å². The van der Waals surface area contributed by atoms with E-state index in [0.717, 1.165) is 19.3 Å². The van der Waals surface area contributed by atoms with Gasteiger partial charge in [-0.3, -0.25) is 0 Å². The van der Waals surface area contributed by atoms with Crippen LogP contribution < -0.4 is 11.1 Å². The second-order valence-corrected chi connectivity index (χ2v) is 3.17. The predicted molar refractivity (Wildman–Crippen MR) is 51.2 cm³/mol. The molecule has 1 atom stereocenters. The SMILES string of the molecule is Nc1nc(NC2CC=CCC2)n[nH]1. The molecule has 0 aliphatic heterocycles. The highest BCUT2D eigenvalue weighted by Gasteiger charge is 2.11. The molecule has 5 nitrogen and oxygen atoms in total. The Kier molecular flexibility index (Phi) is 2.16.